The summed E-state index contributed by atoms with van der Waals surface area (Å²) in [6, 6.07) is 17.5. The molecule has 1 fully saturated rings. The highest BCUT2D eigenvalue weighted by molar-refractivity contribution is 7.17. The molecular weight excluding hydrogens is 443 g/mol. The summed E-state index contributed by atoms with van der Waals surface area (Å²) in [7, 11) is 1.61. The number of hydrogen-bond donors (Lipinski definition) is 0. The predicted molar refractivity (Wildman–Crippen MR) is 124 cm³/mol. The van der Waals surface area contributed by atoms with Crippen LogP contribution in [0.5, 0.6) is 5.75 Å². The van der Waals surface area contributed by atoms with E-state index >= 15 is 0 Å². The predicted octanol–water partition coefficient (Wildman–Crippen LogP) is 4.58. The molecular formula is C24H21FN4O3S. The Morgan fingerprint density at radius 3 is 2.42 bits per heavy atom. The zero-order chi connectivity index (χ0) is 22.8. The fourth-order valence-electron chi connectivity index (χ4n) is 3.72. The number of aromatic nitrogens is 2. The maximum Gasteiger partial charge on any atom is 0.264 e. The van der Waals surface area contributed by atoms with Crippen LogP contribution in [0.2, 0.25) is 0 Å². The first-order chi connectivity index (χ1) is 16.1. The largest absolute Gasteiger partial charge is 0.497 e. The van der Waals surface area contributed by atoms with Gasteiger partial charge < -0.3 is 19.1 Å². The molecule has 0 spiro atoms. The molecule has 1 aliphatic heterocycles. The molecule has 0 unspecified atom stereocenters. The quantitative estimate of drug-likeness (QED) is 0.431. The van der Waals surface area contributed by atoms with Gasteiger partial charge in [0, 0.05) is 37.4 Å². The first-order valence-corrected chi connectivity index (χ1v) is 11.3. The number of ether oxygens (including phenoxy) is 1. The fourth-order valence-corrected chi connectivity index (χ4v) is 4.62. The number of halogens is 1. The van der Waals surface area contributed by atoms with E-state index in [9.17, 15) is 9.18 Å². The van der Waals surface area contributed by atoms with E-state index in [4.69, 9.17) is 9.26 Å². The number of amides is 1. The minimum absolute atomic E-state index is 0.0103. The van der Waals surface area contributed by atoms with Crippen molar-refractivity contribution in [2.45, 2.75) is 0 Å². The van der Waals surface area contributed by atoms with Crippen molar-refractivity contribution < 1.29 is 18.4 Å². The lowest BCUT2D eigenvalue weighted by Gasteiger charge is -2.36. The summed E-state index contributed by atoms with van der Waals surface area (Å²) >= 11 is 1.35. The highest BCUT2D eigenvalue weighted by Crippen LogP contribution is 2.30. The van der Waals surface area contributed by atoms with Gasteiger partial charge in [-0.25, -0.2) is 4.39 Å². The van der Waals surface area contributed by atoms with Crippen molar-refractivity contribution in [3.63, 3.8) is 0 Å². The van der Waals surface area contributed by atoms with Crippen LogP contribution in [0, 0.1) is 5.82 Å². The van der Waals surface area contributed by atoms with E-state index < -0.39 is 0 Å². The number of methoxy groups -OCH3 is 1. The smallest absolute Gasteiger partial charge is 0.264 e. The Kier molecular flexibility index (Phi) is 5.78. The standard InChI is InChI=1S/C24H21FN4O3S/c1-31-19-8-2-16(3-9-19)23-26-22(27-32-23)20-10-11-21(33-20)24(30)29-14-12-28(13-15-29)18-6-4-17(25)5-7-18/h2-11H,12-15H2,1H3. The van der Waals surface area contributed by atoms with Crippen LogP contribution in [-0.4, -0.2) is 54.2 Å². The Morgan fingerprint density at radius 2 is 1.73 bits per heavy atom. The number of carbonyl (C=O) groups excluding carboxylic acids is 1. The molecule has 1 saturated heterocycles. The molecule has 33 heavy (non-hydrogen) atoms. The third kappa shape index (κ3) is 4.45. The molecule has 4 aromatic rings. The van der Waals surface area contributed by atoms with Crippen LogP contribution in [0.4, 0.5) is 10.1 Å². The number of anilines is 1. The summed E-state index contributed by atoms with van der Waals surface area (Å²) < 4.78 is 23.7. The van der Waals surface area contributed by atoms with Crippen LogP contribution in [0.3, 0.4) is 0 Å². The molecule has 7 nitrogen and oxygen atoms in total. The third-order valence-corrected chi connectivity index (χ3v) is 6.63. The van der Waals surface area contributed by atoms with Gasteiger partial charge in [0.15, 0.2) is 0 Å². The van der Waals surface area contributed by atoms with E-state index in [1.54, 1.807) is 25.3 Å². The zero-order valence-electron chi connectivity index (χ0n) is 17.9. The van der Waals surface area contributed by atoms with Crippen LogP contribution < -0.4 is 9.64 Å². The minimum Gasteiger partial charge on any atom is -0.497 e. The summed E-state index contributed by atoms with van der Waals surface area (Å²) in [5.41, 5.74) is 1.76. The summed E-state index contributed by atoms with van der Waals surface area (Å²) in [4.78, 5) is 22.9. The zero-order valence-corrected chi connectivity index (χ0v) is 18.7. The molecule has 0 bridgehead atoms. The number of nitrogens with zero attached hydrogens (tertiary/aromatic N) is 4. The molecule has 2 aromatic heterocycles. The maximum absolute atomic E-state index is 13.2. The number of rotatable bonds is 5. The van der Waals surface area contributed by atoms with Crippen LogP contribution in [0.25, 0.3) is 22.2 Å². The van der Waals surface area contributed by atoms with Gasteiger partial charge >= 0.3 is 0 Å². The Morgan fingerprint density at radius 1 is 1.00 bits per heavy atom. The van der Waals surface area contributed by atoms with E-state index in [0.29, 0.717) is 42.8 Å². The molecule has 168 valence electrons. The van der Waals surface area contributed by atoms with E-state index in [-0.39, 0.29) is 11.7 Å². The number of hydrogen-bond acceptors (Lipinski definition) is 7. The lowest BCUT2D eigenvalue weighted by atomic mass is 10.2. The Bertz CT molecular complexity index is 1250. The first-order valence-electron chi connectivity index (χ1n) is 10.5. The van der Waals surface area contributed by atoms with Gasteiger partial charge in [0.05, 0.1) is 16.9 Å². The summed E-state index contributed by atoms with van der Waals surface area (Å²) in [6.07, 6.45) is 0. The van der Waals surface area contributed by atoms with E-state index in [0.717, 1.165) is 21.9 Å². The second kappa shape index (κ2) is 9.03. The lowest BCUT2D eigenvalue weighted by molar-refractivity contribution is 0.0751. The lowest BCUT2D eigenvalue weighted by Crippen LogP contribution is -2.48. The fraction of sp³-hybridized carbons (Fsp3) is 0.208. The van der Waals surface area contributed by atoms with Crippen LogP contribution in [0.15, 0.2) is 65.2 Å². The minimum atomic E-state index is -0.251. The molecule has 9 heteroatoms. The van der Waals surface area contributed by atoms with Gasteiger partial charge in [-0.15, -0.1) is 11.3 Å². The summed E-state index contributed by atoms with van der Waals surface area (Å²) in [6.45, 7) is 2.61. The van der Waals surface area contributed by atoms with Crippen molar-refractivity contribution in [3.8, 4) is 27.9 Å². The molecule has 2 aromatic carbocycles. The normalized spacial score (nSPS) is 13.9. The molecule has 1 aliphatic rings. The average Bonchev–Trinajstić information content (AvgIpc) is 3.55. The third-order valence-electron chi connectivity index (χ3n) is 5.56. The van der Waals surface area contributed by atoms with Crippen molar-refractivity contribution in [1.82, 2.24) is 15.0 Å². The van der Waals surface area contributed by atoms with Crippen LogP contribution in [0.1, 0.15) is 9.67 Å². The summed E-state index contributed by atoms with van der Waals surface area (Å²) in [5.74, 6) is 1.35. The van der Waals surface area contributed by atoms with Gasteiger partial charge in [-0.3, -0.25) is 4.79 Å². The molecule has 0 atom stereocenters. The van der Waals surface area contributed by atoms with Crippen LogP contribution in [-0.2, 0) is 0 Å². The molecule has 1 amide bonds. The van der Waals surface area contributed by atoms with E-state index in [1.165, 1.54) is 23.5 Å². The SMILES string of the molecule is COc1ccc(-c2nc(-c3ccc(C(=O)N4CCN(c5ccc(F)cc5)CC4)s3)no2)cc1. The van der Waals surface area contributed by atoms with E-state index in [2.05, 4.69) is 15.0 Å². The number of piperazine rings is 1. The molecule has 5 rings (SSSR count). The first kappa shape index (κ1) is 21.1. The molecule has 0 aliphatic carbocycles. The maximum atomic E-state index is 13.2. The number of carbonyl (C=O) groups is 1. The van der Waals surface area contributed by atoms with E-state index in [1.807, 2.05) is 35.2 Å². The van der Waals surface area contributed by atoms with Crippen molar-refractivity contribution >= 4 is 22.9 Å². The van der Waals surface area contributed by atoms with Gasteiger partial charge in [-0.2, -0.15) is 4.98 Å². The average molecular weight is 465 g/mol. The van der Waals surface area contributed by atoms with Crippen molar-refractivity contribution in [2.75, 3.05) is 38.2 Å². The highest BCUT2D eigenvalue weighted by Gasteiger charge is 2.24. The topological polar surface area (TPSA) is 71.7 Å². The van der Waals surface area contributed by atoms with Gasteiger partial charge in [-0.1, -0.05) is 5.16 Å². The second-order valence-corrected chi connectivity index (χ2v) is 8.65. The number of benzene rings is 2. The van der Waals surface area contributed by atoms with Crippen molar-refractivity contribution in [2.24, 2.45) is 0 Å². The van der Waals surface area contributed by atoms with Gasteiger partial charge in [0.2, 0.25) is 5.82 Å². The van der Waals surface area contributed by atoms with Gasteiger partial charge in [0.1, 0.15) is 11.6 Å². The Hall–Kier alpha value is -3.72. The number of thiophene rings is 1. The highest BCUT2D eigenvalue weighted by atomic mass is 32.1. The molecule has 0 radical (unpaired) electrons. The van der Waals surface area contributed by atoms with Gasteiger partial charge in [-0.05, 0) is 60.7 Å². The van der Waals surface area contributed by atoms with Crippen LogP contribution >= 0.6 is 11.3 Å². The monoisotopic (exact) mass is 464 g/mol. The van der Waals surface area contributed by atoms with Crippen molar-refractivity contribution in [1.29, 1.82) is 0 Å². The van der Waals surface area contributed by atoms with Gasteiger partial charge in [0.25, 0.3) is 11.8 Å². The Labute approximate surface area is 194 Å². The second-order valence-electron chi connectivity index (χ2n) is 7.57. The molecule has 3 heterocycles. The van der Waals surface area contributed by atoms with Crippen molar-refractivity contribution in [3.05, 3.63) is 71.4 Å². The molecule has 0 N–H and O–H groups in total. The molecule has 0 saturated carbocycles. The Balaban J connectivity index is 1.24. The summed E-state index contributed by atoms with van der Waals surface area (Å²) in [5, 5.41) is 4.08.